The molecule has 0 fully saturated rings. The normalized spacial score (nSPS) is 10.7. The van der Waals surface area contributed by atoms with Crippen LogP contribution in [0.3, 0.4) is 0 Å². The van der Waals surface area contributed by atoms with Crippen molar-refractivity contribution in [3.8, 4) is 5.75 Å². The molecule has 0 aliphatic heterocycles. The van der Waals surface area contributed by atoms with Crippen molar-refractivity contribution >= 4 is 11.6 Å². The van der Waals surface area contributed by atoms with E-state index in [9.17, 15) is 0 Å². The maximum Gasteiger partial charge on any atom is 0.138 e. The van der Waals surface area contributed by atoms with E-state index in [4.69, 9.17) is 21.1 Å². The van der Waals surface area contributed by atoms with E-state index in [2.05, 4.69) is 0 Å². The molecule has 0 saturated carbocycles. The lowest BCUT2D eigenvalue weighted by atomic mass is 10.3. The van der Waals surface area contributed by atoms with Crippen molar-refractivity contribution in [3.63, 3.8) is 0 Å². The molecule has 0 aliphatic rings. The predicted molar refractivity (Wildman–Crippen MR) is 58.0 cm³/mol. The van der Waals surface area contributed by atoms with E-state index in [1.807, 2.05) is 30.4 Å². The van der Waals surface area contributed by atoms with E-state index < -0.39 is 0 Å². The highest BCUT2D eigenvalue weighted by atomic mass is 35.5. The van der Waals surface area contributed by atoms with Crippen LogP contribution in [0.1, 0.15) is 0 Å². The Morgan fingerprint density at radius 3 is 2.64 bits per heavy atom. The number of rotatable bonds is 5. The summed E-state index contributed by atoms with van der Waals surface area (Å²) in [6.07, 6.45) is 3.80. The molecule has 0 atom stereocenters. The number of ether oxygens (including phenoxy) is 2. The molecule has 1 aromatic rings. The van der Waals surface area contributed by atoms with Crippen LogP contribution < -0.4 is 4.74 Å². The van der Waals surface area contributed by atoms with Crippen LogP contribution in [-0.2, 0) is 4.74 Å². The van der Waals surface area contributed by atoms with Gasteiger partial charge in [0.05, 0.1) is 11.6 Å². The summed E-state index contributed by atoms with van der Waals surface area (Å²) >= 11 is 5.89. The summed E-state index contributed by atoms with van der Waals surface area (Å²) < 4.78 is 10.3. The van der Waals surface area contributed by atoms with Crippen LogP contribution >= 0.6 is 11.6 Å². The number of para-hydroxylation sites is 1. The molecule has 0 saturated heterocycles. The molecule has 1 rings (SSSR count). The Hall–Kier alpha value is -0.990. The van der Waals surface area contributed by atoms with Crippen molar-refractivity contribution in [3.05, 3.63) is 41.4 Å². The average Bonchev–Trinajstić information content (AvgIpc) is 2.20. The third-order valence-corrected chi connectivity index (χ3v) is 1.91. The minimum atomic E-state index is 0.507. The first-order valence-corrected chi connectivity index (χ1v) is 4.73. The Morgan fingerprint density at radius 1 is 1.21 bits per heavy atom. The fraction of sp³-hybridized carbons (Fsp3) is 0.273. The van der Waals surface area contributed by atoms with Gasteiger partial charge >= 0.3 is 0 Å². The van der Waals surface area contributed by atoms with E-state index in [0.717, 1.165) is 0 Å². The first-order valence-electron chi connectivity index (χ1n) is 4.36. The van der Waals surface area contributed by atoms with Gasteiger partial charge in [0.2, 0.25) is 0 Å². The van der Waals surface area contributed by atoms with E-state index in [1.165, 1.54) is 0 Å². The van der Waals surface area contributed by atoms with Crippen molar-refractivity contribution in [1.82, 2.24) is 0 Å². The zero-order chi connectivity index (χ0) is 10.2. The third kappa shape index (κ3) is 3.81. The van der Waals surface area contributed by atoms with Gasteiger partial charge in [0.1, 0.15) is 12.4 Å². The van der Waals surface area contributed by atoms with Gasteiger partial charge in [-0.05, 0) is 18.2 Å². The lowest BCUT2D eigenvalue weighted by molar-refractivity contribution is 0.233. The largest absolute Gasteiger partial charge is 0.488 e. The topological polar surface area (TPSA) is 18.5 Å². The van der Waals surface area contributed by atoms with Crippen LogP contribution in [0.4, 0.5) is 0 Å². The van der Waals surface area contributed by atoms with Crippen LogP contribution in [0, 0.1) is 0 Å². The summed E-state index contributed by atoms with van der Waals surface area (Å²) in [7, 11) is 1.65. The van der Waals surface area contributed by atoms with Crippen molar-refractivity contribution < 1.29 is 9.47 Å². The molecule has 3 heteroatoms. The Labute approximate surface area is 89.1 Å². The molecule has 0 radical (unpaired) electrons. The van der Waals surface area contributed by atoms with Gasteiger partial charge in [0, 0.05) is 7.11 Å². The van der Waals surface area contributed by atoms with E-state index >= 15 is 0 Å². The van der Waals surface area contributed by atoms with Gasteiger partial charge in [0.25, 0.3) is 0 Å². The van der Waals surface area contributed by atoms with Crippen LogP contribution in [-0.4, -0.2) is 20.3 Å². The molecule has 2 nitrogen and oxygen atoms in total. The molecule has 0 amide bonds. The Morgan fingerprint density at radius 2 is 1.93 bits per heavy atom. The van der Waals surface area contributed by atoms with Crippen molar-refractivity contribution in [2.24, 2.45) is 0 Å². The van der Waals surface area contributed by atoms with E-state index in [-0.39, 0.29) is 0 Å². The zero-order valence-electron chi connectivity index (χ0n) is 8.07. The van der Waals surface area contributed by atoms with Gasteiger partial charge in [-0.15, -0.1) is 0 Å². The van der Waals surface area contributed by atoms with Crippen molar-refractivity contribution in [2.45, 2.75) is 0 Å². The second-order valence-corrected chi connectivity index (χ2v) is 3.08. The first kappa shape index (κ1) is 11.1. The summed E-state index contributed by atoms with van der Waals surface area (Å²) in [5.41, 5.74) is 0. The van der Waals surface area contributed by atoms with Gasteiger partial charge in [-0.2, -0.15) is 0 Å². The molecule has 0 heterocycles. The SMILES string of the molecule is COC/C=C/COc1ccccc1Cl. The third-order valence-electron chi connectivity index (χ3n) is 1.60. The van der Waals surface area contributed by atoms with Crippen LogP contribution in [0.25, 0.3) is 0 Å². The van der Waals surface area contributed by atoms with Gasteiger partial charge in [-0.3, -0.25) is 0 Å². The summed E-state index contributed by atoms with van der Waals surface area (Å²) in [5, 5.41) is 0.632. The number of methoxy groups -OCH3 is 1. The molecule has 14 heavy (non-hydrogen) atoms. The maximum absolute atomic E-state index is 5.89. The highest BCUT2D eigenvalue weighted by molar-refractivity contribution is 6.32. The first-order chi connectivity index (χ1) is 6.84. The van der Waals surface area contributed by atoms with Crippen molar-refractivity contribution in [2.75, 3.05) is 20.3 Å². The minimum absolute atomic E-state index is 0.507. The quantitative estimate of drug-likeness (QED) is 0.699. The Kier molecular flexibility index (Phi) is 5.12. The number of halogens is 1. The number of benzene rings is 1. The molecule has 0 bridgehead atoms. The van der Waals surface area contributed by atoms with Gasteiger partial charge < -0.3 is 9.47 Å². The molecular weight excluding hydrogens is 200 g/mol. The van der Waals surface area contributed by atoms with Crippen molar-refractivity contribution in [1.29, 1.82) is 0 Å². The highest BCUT2D eigenvalue weighted by Crippen LogP contribution is 2.22. The molecule has 0 aromatic heterocycles. The van der Waals surface area contributed by atoms with Gasteiger partial charge in [-0.1, -0.05) is 29.8 Å². The fourth-order valence-corrected chi connectivity index (χ4v) is 1.12. The molecule has 0 unspecified atom stereocenters. The lowest BCUT2D eigenvalue weighted by Gasteiger charge is -2.04. The summed E-state index contributed by atoms with van der Waals surface area (Å²) in [6.45, 7) is 1.11. The van der Waals surface area contributed by atoms with Gasteiger partial charge in [0.15, 0.2) is 0 Å². The maximum atomic E-state index is 5.89. The smallest absolute Gasteiger partial charge is 0.138 e. The summed E-state index contributed by atoms with van der Waals surface area (Å²) in [4.78, 5) is 0. The van der Waals surface area contributed by atoms with Crippen LogP contribution in [0.2, 0.25) is 5.02 Å². The highest BCUT2D eigenvalue weighted by Gasteiger charge is 1.96. The second-order valence-electron chi connectivity index (χ2n) is 2.67. The lowest BCUT2D eigenvalue weighted by Crippen LogP contribution is -1.94. The van der Waals surface area contributed by atoms with Crippen LogP contribution in [0.15, 0.2) is 36.4 Å². The van der Waals surface area contributed by atoms with Gasteiger partial charge in [-0.25, -0.2) is 0 Å². The molecule has 1 aromatic carbocycles. The zero-order valence-corrected chi connectivity index (χ0v) is 8.83. The average molecular weight is 213 g/mol. The van der Waals surface area contributed by atoms with Crippen LogP contribution in [0.5, 0.6) is 5.75 Å². The predicted octanol–water partition coefficient (Wildman–Crippen LogP) is 2.92. The monoisotopic (exact) mass is 212 g/mol. The van der Waals surface area contributed by atoms with E-state index in [0.29, 0.717) is 24.0 Å². The van der Waals surface area contributed by atoms with E-state index in [1.54, 1.807) is 13.2 Å². The standard InChI is InChI=1S/C11H13ClO2/c1-13-8-4-5-9-14-11-7-3-2-6-10(11)12/h2-7H,8-9H2,1H3/b5-4+. The minimum Gasteiger partial charge on any atom is -0.488 e. The fourth-order valence-electron chi connectivity index (χ4n) is 0.932. The Bertz CT molecular complexity index is 297. The molecular formula is C11H13ClO2. The second kappa shape index (κ2) is 6.46. The summed E-state index contributed by atoms with van der Waals surface area (Å²) in [6, 6.07) is 7.40. The summed E-state index contributed by atoms with van der Waals surface area (Å²) in [5.74, 6) is 0.705. The molecule has 76 valence electrons. The Balaban J connectivity index is 2.35. The molecule has 0 aliphatic carbocycles. The number of hydrogen-bond acceptors (Lipinski definition) is 2. The molecule has 0 spiro atoms. The molecule has 0 N–H and O–H groups in total. The number of hydrogen-bond donors (Lipinski definition) is 0.